The summed E-state index contributed by atoms with van der Waals surface area (Å²) in [4.78, 5) is 24.4. The Morgan fingerprint density at radius 2 is 2.06 bits per heavy atom. The highest BCUT2D eigenvalue weighted by Gasteiger charge is 2.16. The van der Waals surface area contributed by atoms with E-state index < -0.39 is 5.97 Å². The first-order valence-corrected chi connectivity index (χ1v) is 6.23. The Labute approximate surface area is 106 Å². The Morgan fingerprint density at radius 3 is 2.67 bits per heavy atom. The van der Waals surface area contributed by atoms with Gasteiger partial charge in [-0.15, -0.1) is 0 Å². The summed E-state index contributed by atoms with van der Waals surface area (Å²) in [6, 6.07) is 3.22. The van der Waals surface area contributed by atoms with Crippen LogP contribution in [0.5, 0.6) is 0 Å². The van der Waals surface area contributed by atoms with Gasteiger partial charge in [-0.1, -0.05) is 6.92 Å². The van der Waals surface area contributed by atoms with Crippen molar-refractivity contribution in [1.82, 2.24) is 4.57 Å². The number of rotatable bonds is 3. The van der Waals surface area contributed by atoms with E-state index in [1.165, 1.54) is 10.6 Å². The van der Waals surface area contributed by atoms with E-state index in [9.17, 15) is 9.59 Å². The van der Waals surface area contributed by atoms with Crippen LogP contribution in [0, 0.1) is 5.92 Å². The van der Waals surface area contributed by atoms with E-state index in [1.54, 1.807) is 12.3 Å². The minimum atomic E-state index is -0.999. The van der Waals surface area contributed by atoms with Crippen LogP contribution in [-0.2, 0) is 11.3 Å². The van der Waals surface area contributed by atoms with Crippen LogP contribution in [-0.4, -0.2) is 28.7 Å². The van der Waals surface area contributed by atoms with Crippen LogP contribution in [0.25, 0.3) is 0 Å². The molecule has 1 N–H and O–H groups in total. The molecule has 1 fully saturated rings. The number of carboxylic acids is 1. The molecule has 0 bridgehead atoms. The highest BCUT2D eigenvalue weighted by molar-refractivity contribution is 5.66. The molecule has 1 aliphatic heterocycles. The third-order valence-corrected chi connectivity index (χ3v) is 3.42. The van der Waals surface area contributed by atoms with Gasteiger partial charge >= 0.3 is 5.97 Å². The summed E-state index contributed by atoms with van der Waals surface area (Å²) >= 11 is 0. The first kappa shape index (κ1) is 12.7. The molecule has 0 aromatic carbocycles. The van der Waals surface area contributed by atoms with Gasteiger partial charge < -0.3 is 14.6 Å². The van der Waals surface area contributed by atoms with Gasteiger partial charge in [0.1, 0.15) is 6.54 Å². The summed E-state index contributed by atoms with van der Waals surface area (Å²) in [5, 5.41) is 8.75. The number of anilines is 1. The van der Waals surface area contributed by atoms with Crippen LogP contribution < -0.4 is 10.5 Å². The van der Waals surface area contributed by atoms with Gasteiger partial charge in [-0.25, -0.2) is 0 Å². The second kappa shape index (κ2) is 5.25. The highest BCUT2D eigenvalue weighted by atomic mass is 16.4. The lowest BCUT2D eigenvalue weighted by atomic mass is 9.99. The van der Waals surface area contributed by atoms with Gasteiger partial charge in [-0.2, -0.15) is 0 Å². The third kappa shape index (κ3) is 2.91. The molecular weight excluding hydrogens is 232 g/mol. The molecular formula is C13H18N2O3. The SMILES string of the molecule is CC1CCN(c2ccc(=O)n(CC(=O)O)c2)CC1. The molecule has 0 atom stereocenters. The number of aliphatic carboxylic acids is 1. The molecule has 0 amide bonds. The second-order valence-electron chi connectivity index (χ2n) is 4.92. The Kier molecular flexibility index (Phi) is 3.69. The Hall–Kier alpha value is -1.78. The molecule has 2 heterocycles. The number of piperidine rings is 1. The first-order chi connectivity index (χ1) is 8.56. The van der Waals surface area contributed by atoms with Crippen molar-refractivity contribution in [3.8, 4) is 0 Å². The van der Waals surface area contributed by atoms with E-state index in [4.69, 9.17) is 5.11 Å². The molecule has 0 aliphatic carbocycles. The number of pyridine rings is 1. The summed E-state index contributed by atoms with van der Waals surface area (Å²) in [6.07, 6.45) is 3.92. The van der Waals surface area contributed by atoms with Crippen LogP contribution in [0.2, 0.25) is 0 Å². The smallest absolute Gasteiger partial charge is 0.323 e. The van der Waals surface area contributed by atoms with E-state index in [0.717, 1.165) is 37.5 Å². The Bertz CT molecular complexity index is 487. The van der Waals surface area contributed by atoms with Crippen LogP contribution >= 0.6 is 0 Å². The average Bonchev–Trinajstić information content (AvgIpc) is 2.32. The Morgan fingerprint density at radius 1 is 1.39 bits per heavy atom. The molecule has 1 saturated heterocycles. The number of carbonyl (C=O) groups is 1. The van der Waals surface area contributed by atoms with E-state index in [2.05, 4.69) is 11.8 Å². The fourth-order valence-electron chi connectivity index (χ4n) is 2.24. The van der Waals surface area contributed by atoms with Gasteiger partial charge in [-0.3, -0.25) is 9.59 Å². The predicted octanol–water partition coefficient (Wildman–Crippen LogP) is 1.17. The monoisotopic (exact) mass is 250 g/mol. The van der Waals surface area contributed by atoms with Crippen LogP contribution in [0.4, 0.5) is 5.69 Å². The first-order valence-electron chi connectivity index (χ1n) is 6.23. The minimum Gasteiger partial charge on any atom is -0.480 e. The molecule has 2 rings (SSSR count). The maximum Gasteiger partial charge on any atom is 0.323 e. The fourth-order valence-corrected chi connectivity index (χ4v) is 2.24. The topological polar surface area (TPSA) is 62.5 Å². The van der Waals surface area contributed by atoms with Crippen molar-refractivity contribution in [3.05, 3.63) is 28.7 Å². The van der Waals surface area contributed by atoms with Crippen molar-refractivity contribution in [2.45, 2.75) is 26.3 Å². The van der Waals surface area contributed by atoms with E-state index >= 15 is 0 Å². The van der Waals surface area contributed by atoms with Gasteiger partial charge in [0.2, 0.25) is 0 Å². The minimum absolute atomic E-state index is 0.272. The second-order valence-corrected chi connectivity index (χ2v) is 4.92. The number of nitrogens with zero attached hydrogens (tertiary/aromatic N) is 2. The molecule has 5 nitrogen and oxygen atoms in total. The Balaban J connectivity index is 2.18. The van der Waals surface area contributed by atoms with Crippen LogP contribution in [0.1, 0.15) is 19.8 Å². The molecule has 0 saturated carbocycles. The molecule has 0 radical (unpaired) electrons. The number of carboxylic acid groups (broad SMARTS) is 1. The summed E-state index contributed by atoms with van der Waals surface area (Å²) < 4.78 is 1.25. The largest absolute Gasteiger partial charge is 0.480 e. The summed E-state index contributed by atoms with van der Waals surface area (Å²) in [5.41, 5.74) is 0.661. The number of aromatic nitrogens is 1. The maximum absolute atomic E-state index is 11.5. The zero-order valence-corrected chi connectivity index (χ0v) is 10.5. The number of hydrogen-bond donors (Lipinski definition) is 1. The van der Waals surface area contributed by atoms with Gasteiger partial charge in [0.05, 0.1) is 5.69 Å². The fraction of sp³-hybridized carbons (Fsp3) is 0.538. The average molecular weight is 250 g/mol. The summed E-state index contributed by atoms with van der Waals surface area (Å²) in [7, 11) is 0. The molecule has 98 valence electrons. The van der Waals surface area contributed by atoms with Gasteiger partial charge in [-0.05, 0) is 24.8 Å². The van der Waals surface area contributed by atoms with Crippen molar-refractivity contribution < 1.29 is 9.90 Å². The van der Waals surface area contributed by atoms with E-state index in [0.29, 0.717) is 0 Å². The third-order valence-electron chi connectivity index (χ3n) is 3.42. The quantitative estimate of drug-likeness (QED) is 0.874. The molecule has 18 heavy (non-hydrogen) atoms. The molecule has 1 aromatic rings. The maximum atomic E-state index is 11.5. The van der Waals surface area contributed by atoms with Crippen molar-refractivity contribution in [2.75, 3.05) is 18.0 Å². The highest BCUT2D eigenvalue weighted by Crippen LogP contribution is 2.21. The normalized spacial score (nSPS) is 16.8. The number of hydrogen-bond acceptors (Lipinski definition) is 3. The standard InChI is InChI=1S/C13H18N2O3/c1-10-4-6-14(7-5-10)11-2-3-12(16)15(8-11)9-13(17)18/h2-3,8,10H,4-7,9H2,1H3,(H,17,18). The summed E-state index contributed by atoms with van der Waals surface area (Å²) in [6.45, 7) is 3.89. The lowest BCUT2D eigenvalue weighted by Crippen LogP contribution is -2.34. The van der Waals surface area contributed by atoms with Crippen molar-refractivity contribution in [2.24, 2.45) is 5.92 Å². The predicted molar refractivity (Wildman–Crippen MR) is 68.9 cm³/mol. The molecule has 1 aliphatic rings. The van der Waals surface area contributed by atoms with Crippen molar-refractivity contribution >= 4 is 11.7 Å². The van der Waals surface area contributed by atoms with Crippen molar-refractivity contribution in [1.29, 1.82) is 0 Å². The zero-order chi connectivity index (χ0) is 13.1. The molecule has 5 heteroatoms. The van der Waals surface area contributed by atoms with Crippen LogP contribution in [0.3, 0.4) is 0 Å². The molecule has 1 aromatic heterocycles. The molecule has 0 spiro atoms. The van der Waals surface area contributed by atoms with E-state index in [-0.39, 0.29) is 12.1 Å². The van der Waals surface area contributed by atoms with Gasteiger partial charge in [0.25, 0.3) is 5.56 Å². The summed E-state index contributed by atoms with van der Waals surface area (Å²) in [5.74, 6) is -0.257. The van der Waals surface area contributed by atoms with Gasteiger partial charge in [0, 0.05) is 25.4 Å². The van der Waals surface area contributed by atoms with Gasteiger partial charge in [0.15, 0.2) is 0 Å². The zero-order valence-electron chi connectivity index (χ0n) is 10.5. The van der Waals surface area contributed by atoms with Crippen molar-refractivity contribution in [3.63, 3.8) is 0 Å². The van der Waals surface area contributed by atoms with Crippen LogP contribution in [0.15, 0.2) is 23.1 Å². The lowest BCUT2D eigenvalue weighted by molar-refractivity contribution is -0.137. The lowest BCUT2D eigenvalue weighted by Gasteiger charge is -2.32. The van der Waals surface area contributed by atoms with E-state index in [1.807, 2.05) is 0 Å². The molecule has 0 unspecified atom stereocenters.